The van der Waals surface area contributed by atoms with Crippen LogP contribution in [0.2, 0.25) is 0 Å². The molecule has 0 aliphatic heterocycles. The Hall–Kier alpha value is -1.48. The van der Waals surface area contributed by atoms with Crippen LogP contribution in [0.4, 0.5) is 0 Å². The molecule has 0 fully saturated rings. The van der Waals surface area contributed by atoms with E-state index in [0.717, 1.165) is 35.9 Å². The van der Waals surface area contributed by atoms with Crippen molar-refractivity contribution in [1.29, 1.82) is 0 Å². The number of hydrogen-bond donors (Lipinski definition) is 0. The minimum absolute atomic E-state index is 0.617. The standard InChI is InChI=1S/C13H14ClNO2/c1-17-11-3-4-13-12(7-11)10(9-16)8-15(13)6-2-5-14/h3-4,7-9H,2,5-6H2,1H3. The number of alkyl halides is 1. The lowest BCUT2D eigenvalue weighted by Gasteiger charge is -2.04. The molecule has 0 aliphatic carbocycles. The van der Waals surface area contributed by atoms with Crippen LogP contribution in [0.1, 0.15) is 16.8 Å². The molecular formula is C13H14ClNO2. The van der Waals surface area contributed by atoms with Gasteiger partial charge in [-0.15, -0.1) is 11.6 Å². The lowest BCUT2D eigenvalue weighted by molar-refractivity contribution is 0.112. The zero-order chi connectivity index (χ0) is 12.3. The lowest BCUT2D eigenvalue weighted by Crippen LogP contribution is -1.96. The summed E-state index contributed by atoms with van der Waals surface area (Å²) in [7, 11) is 1.62. The third-order valence-electron chi connectivity index (χ3n) is 2.78. The molecule has 1 aromatic heterocycles. The average Bonchev–Trinajstić information content (AvgIpc) is 2.73. The van der Waals surface area contributed by atoms with Gasteiger partial charge in [0, 0.05) is 35.1 Å². The summed E-state index contributed by atoms with van der Waals surface area (Å²) >= 11 is 5.69. The van der Waals surface area contributed by atoms with E-state index in [1.54, 1.807) is 7.11 Å². The number of nitrogens with zero attached hydrogens (tertiary/aromatic N) is 1. The topological polar surface area (TPSA) is 31.2 Å². The van der Waals surface area contributed by atoms with E-state index in [0.29, 0.717) is 11.4 Å². The third kappa shape index (κ3) is 2.29. The molecule has 1 aromatic carbocycles. The van der Waals surface area contributed by atoms with Crippen molar-refractivity contribution in [1.82, 2.24) is 4.57 Å². The molecule has 0 unspecified atom stereocenters. The molecule has 0 saturated carbocycles. The van der Waals surface area contributed by atoms with E-state index in [-0.39, 0.29) is 0 Å². The lowest BCUT2D eigenvalue weighted by atomic mass is 10.2. The summed E-state index contributed by atoms with van der Waals surface area (Å²) in [4.78, 5) is 11.0. The van der Waals surface area contributed by atoms with Gasteiger partial charge in [-0.3, -0.25) is 4.79 Å². The first-order valence-electron chi connectivity index (χ1n) is 5.48. The van der Waals surface area contributed by atoms with Crippen LogP contribution in [0, 0.1) is 0 Å². The van der Waals surface area contributed by atoms with Gasteiger partial charge in [-0.25, -0.2) is 0 Å². The molecule has 0 saturated heterocycles. The predicted octanol–water partition coefficient (Wildman–Crippen LogP) is 3.09. The fourth-order valence-electron chi connectivity index (χ4n) is 1.94. The average molecular weight is 252 g/mol. The van der Waals surface area contributed by atoms with E-state index in [2.05, 4.69) is 4.57 Å². The second-order valence-electron chi connectivity index (χ2n) is 3.82. The second-order valence-corrected chi connectivity index (χ2v) is 4.20. The zero-order valence-corrected chi connectivity index (χ0v) is 10.4. The van der Waals surface area contributed by atoms with Crippen LogP contribution in [0.3, 0.4) is 0 Å². The maximum absolute atomic E-state index is 11.0. The van der Waals surface area contributed by atoms with E-state index >= 15 is 0 Å². The number of aldehydes is 1. The van der Waals surface area contributed by atoms with Crippen molar-refractivity contribution in [2.45, 2.75) is 13.0 Å². The number of aromatic nitrogens is 1. The van der Waals surface area contributed by atoms with Crippen molar-refractivity contribution in [2.75, 3.05) is 13.0 Å². The van der Waals surface area contributed by atoms with Gasteiger partial charge in [0.15, 0.2) is 6.29 Å². The fraction of sp³-hybridized carbons (Fsp3) is 0.308. The number of rotatable bonds is 5. The number of carbonyl (C=O) groups is 1. The number of methoxy groups -OCH3 is 1. The summed E-state index contributed by atoms with van der Waals surface area (Å²) in [5, 5.41) is 0.925. The van der Waals surface area contributed by atoms with Gasteiger partial charge in [0.05, 0.1) is 7.11 Å². The zero-order valence-electron chi connectivity index (χ0n) is 9.65. The van der Waals surface area contributed by atoms with Crippen molar-refractivity contribution in [3.8, 4) is 5.75 Å². The second kappa shape index (κ2) is 5.23. The number of benzene rings is 1. The molecule has 0 radical (unpaired) electrons. The highest BCUT2D eigenvalue weighted by Gasteiger charge is 2.08. The molecule has 2 rings (SSSR count). The molecule has 3 nitrogen and oxygen atoms in total. The first kappa shape index (κ1) is 12.0. The molecule has 0 atom stereocenters. The van der Waals surface area contributed by atoms with E-state index in [4.69, 9.17) is 16.3 Å². The largest absolute Gasteiger partial charge is 0.497 e. The van der Waals surface area contributed by atoms with E-state index < -0.39 is 0 Å². The van der Waals surface area contributed by atoms with Gasteiger partial charge in [-0.05, 0) is 24.6 Å². The van der Waals surface area contributed by atoms with Crippen LogP contribution < -0.4 is 4.74 Å². The van der Waals surface area contributed by atoms with E-state index in [9.17, 15) is 4.79 Å². The van der Waals surface area contributed by atoms with Crippen molar-refractivity contribution >= 4 is 28.8 Å². The molecule has 4 heteroatoms. The smallest absolute Gasteiger partial charge is 0.152 e. The molecule has 0 N–H and O–H groups in total. The Bertz CT molecular complexity index is 533. The number of halogens is 1. The molecule has 0 bridgehead atoms. The Morgan fingerprint density at radius 1 is 1.47 bits per heavy atom. The SMILES string of the molecule is COc1ccc2c(c1)c(C=O)cn2CCCCl. The van der Waals surface area contributed by atoms with E-state index in [1.807, 2.05) is 24.4 Å². The number of ether oxygens (including phenoxy) is 1. The van der Waals surface area contributed by atoms with Gasteiger partial charge in [0.2, 0.25) is 0 Å². The summed E-state index contributed by atoms with van der Waals surface area (Å²) in [6.45, 7) is 0.820. The molecular weight excluding hydrogens is 238 g/mol. The summed E-state index contributed by atoms with van der Waals surface area (Å²) in [6, 6.07) is 5.75. The van der Waals surface area contributed by atoms with Crippen molar-refractivity contribution in [2.24, 2.45) is 0 Å². The molecule has 0 aliphatic rings. The maximum atomic E-state index is 11.0. The van der Waals surface area contributed by atoms with Gasteiger partial charge in [0.1, 0.15) is 5.75 Å². The summed E-state index contributed by atoms with van der Waals surface area (Å²) in [6.07, 6.45) is 3.62. The Labute approximate surface area is 105 Å². The minimum Gasteiger partial charge on any atom is -0.497 e. The van der Waals surface area contributed by atoms with Crippen molar-refractivity contribution < 1.29 is 9.53 Å². The quantitative estimate of drug-likeness (QED) is 0.604. The molecule has 0 amide bonds. The Morgan fingerprint density at radius 2 is 2.29 bits per heavy atom. The number of carbonyl (C=O) groups excluding carboxylic acids is 1. The first-order valence-corrected chi connectivity index (χ1v) is 6.01. The Balaban J connectivity index is 2.52. The van der Waals surface area contributed by atoms with Gasteiger partial charge in [-0.2, -0.15) is 0 Å². The minimum atomic E-state index is 0.617. The molecule has 0 spiro atoms. The normalized spacial score (nSPS) is 10.7. The van der Waals surface area contributed by atoms with Crippen LogP contribution in [0.25, 0.3) is 10.9 Å². The molecule has 17 heavy (non-hydrogen) atoms. The van der Waals surface area contributed by atoms with Crippen LogP contribution in [0.5, 0.6) is 5.75 Å². The molecule has 90 valence electrons. The fourth-order valence-corrected chi connectivity index (χ4v) is 2.06. The monoisotopic (exact) mass is 251 g/mol. The van der Waals surface area contributed by atoms with Gasteiger partial charge >= 0.3 is 0 Å². The summed E-state index contributed by atoms with van der Waals surface area (Å²) < 4.78 is 7.22. The third-order valence-corrected chi connectivity index (χ3v) is 3.05. The molecule has 2 aromatic rings. The summed E-state index contributed by atoms with van der Waals surface area (Å²) in [5.41, 5.74) is 1.73. The summed E-state index contributed by atoms with van der Waals surface area (Å²) in [5.74, 6) is 1.38. The first-order chi connectivity index (χ1) is 8.30. The van der Waals surface area contributed by atoms with Gasteiger partial charge in [-0.1, -0.05) is 0 Å². The predicted molar refractivity (Wildman–Crippen MR) is 69.2 cm³/mol. The maximum Gasteiger partial charge on any atom is 0.152 e. The van der Waals surface area contributed by atoms with Crippen LogP contribution in [-0.2, 0) is 6.54 Å². The molecule has 1 heterocycles. The number of hydrogen-bond acceptors (Lipinski definition) is 2. The van der Waals surface area contributed by atoms with Crippen molar-refractivity contribution in [3.63, 3.8) is 0 Å². The Morgan fingerprint density at radius 3 is 2.94 bits per heavy atom. The highest BCUT2D eigenvalue weighted by atomic mass is 35.5. The van der Waals surface area contributed by atoms with E-state index in [1.165, 1.54) is 0 Å². The number of fused-ring (bicyclic) bond motifs is 1. The highest BCUT2D eigenvalue weighted by molar-refractivity contribution is 6.17. The van der Waals surface area contributed by atoms with Gasteiger partial charge in [0.25, 0.3) is 0 Å². The Kier molecular flexibility index (Phi) is 3.69. The van der Waals surface area contributed by atoms with Crippen LogP contribution in [0.15, 0.2) is 24.4 Å². The van der Waals surface area contributed by atoms with Gasteiger partial charge < -0.3 is 9.30 Å². The van der Waals surface area contributed by atoms with Crippen molar-refractivity contribution in [3.05, 3.63) is 30.0 Å². The number of aryl methyl sites for hydroxylation is 1. The van der Waals surface area contributed by atoms with Crippen LogP contribution in [-0.4, -0.2) is 23.8 Å². The highest BCUT2D eigenvalue weighted by Crippen LogP contribution is 2.25. The van der Waals surface area contributed by atoms with Crippen LogP contribution >= 0.6 is 11.6 Å².